The Bertz CT molecular complexity index is 1210. The van der Waals surface area contributed by atoms with Gasteiger partial charge in [-0.15, -0.1) is 0 Å². The van der Waals surface area contributed by atoms with Crippen LogP contribution in [0, 0.1) is 10.1 Å². The number of nitrogens with zero attached hydrogens (tertiary/aromatic N) is 1. The molecule has 154 valence electrons. The number of non-ortho nitro benzene ring substituents is 1. The number of rotatable bonds is 6. The number of amides is 1. The third kappa shape index (κ3) is 4.47. The highest BCUT2D eigenvalue weighted by molar-refractivity contribution is 6.31. The van der Waals surface area contributed by atoms with Crippen molar-refractivity contribution in [2.24, 2.45) is 0 Å². The van der Waals surface area contributed by atoms with Gasteiger partial charge < -0.3 is 14.5 Å². The minimum Gasteiger partial charge on any atom is -0.464 e. The Labute approximate surface area is 174 Å². The quantitative estimate of drug-likeness (QED) is 0.274. The maximum atomic E-state index is 12.8. The van der Waals surface area contributed by atoms with Crippen LogP contribution in [0.3, 0.4) is 0 Å². The van der Waals surface area contributed by atoms with Gasteiger partial charge in [-0.1, -0.05) is 23.7 Å². The number of benzene rings is 2. The van der Waals surface area contributed by atoms with Crippen LogP contribution in [-0.2, 0) is 9.53 Å². The van der Waals surface area contributed by atoms with Crippen LogP contribution in [0.5, 0.6) is 0 Å². The first-order valence-corrected chi connectivity index (χ1v) is 9.13. The summed E-state index contributed by atoms with van der Waals surface area (Å²) in [5, 5.41) is 14.2. The summed E-state index contributed by atoms with van der Waals surface area (Å²) in [6.45, 7) is 1.60. The molecule has 0 aliphatic heterocycles. The van der Waals surface area contributed by atoms with E-state index >= 15 is 0 Å². The molecule has 0 saturated carbocycles. The molecule has 0 fully saturated rings. The van der Waals surface area contributed by atoms with Gasteiger partial charge in [-0.2, -0.15) is 0 Å². The second kappa shape index (κ2) is 8.75. The largest absolute Gasteiger partial charge is 0.464 e. The van der Waals surface area contributed by atoms with Crippen LogP contribution in [0.15, 0.2) is 57.7 Å². The van der Waals surface area contributed by atoms with Gasteiger partial charge in [-0.3, -0.25) is 14.9 Å². The van der Waals surface area contributed by atoms with Crippen LogP contribution in [-0.4, -0.2) is 23.4 Å². The van der Waals surface area contributed by atoms with E-state index in [0.717, 1.165) is 6.07 Å². The number of nitro groups is 1. The van der Waals surface area contributed by atoms with Gasteiger partial charge in [-0.25, -0.2) is 9.59 Å². The Balaban J connectivity index is 1.99. The maximum absolute atomic E-state index is 12.8. The first-order chi connectivity index (χ1) is 14.3. The molecule has 0 bridgehead atoms. The maximum Gasteiger partial charge on any atom is 0.349 e. The molecule has 1 atom stereocenters. The molecule has 0 saturated heterocycles. The predicted octanol–water partition coefficient (Wildman–Crippen LogP) is 3.39. The molecule has 0 spiro atoms. The fraction of sp³-hybridized carbons (Fsp3) is 0.150. The van der Waals surface area contributed by atoms with E-state index in [1.165, 1.54) is 42.5 Å². The van der Waals surface area contributed by atoms with E-state index in [1.54, 1.807) is 6.92 Å². The van der Waals surface area contributed by atoms with Gasteiger partial charge in [0.2, 0.25) is 0 Å². The number of nitrogens with one attached hydrogen (secondary N) is 1. The molecule has 1 heterocycles. The first-order valence-electron chi connectivity index (χ1n) is 8.75. The lowest BCUT2D eigenvalue weighted by Crippen LogP contribution is -2.37. The van der Waals surface area contributed by atoms with Crippen molar-refractivity contribution in [3.05, 3.63) is 85.2 Å². The van der Waals surface area contributed by atoms with Gasteiger partial charge in [0, 0.05) is 22.5 Å². The number of nitro benzene ring substituents is 1. The number of hydrogen-bond donors (Lipinski definition) is 1. The number of carbonyl (C=O) groups is 2. The van der Waals surface area contributed by atoms with E-state index in [1.807, 2.05) is 0 Å². The lowest BCUT2D eigenvalue weighted by Gasteiger charge is -2.17. The Morgan fingerprint density at radius 1 is 1.23 bits per heavy atom. The number of ether oxygens (including phenoxy) is 1. The molecule has 3 rings (SSSR count). The molecular weight excluding hydrogens is 416 g/mol. The second-order valence-corrected chi connectivity index (χ2v) is 6.58. The highest BCUT2D eigenvalue weighted by Gasteiger charge is 2.27. The van der Waals surface area contributed by atoms with Gasteiger partial charge in [0.1, 0.15) is 11.1 Å². The molecule has 0 unspecified atom stereocenters. The third-order valence-corrected chi connectivity index (χ3v) is 4.39. The average molecular weight is 431 g/mol. The third-order valence-electron chi connectivity index (χ3n) is 4.15. The Morgan fingerprint density at radius 3 is 2.70 bits per heavy atom. The average Bonchev–Trinajstić information content (AvgIpc) is 2.71. The number of carbonyl (C=O) groups excluding carboxylic acids is 2. The molecule has 10 heteroatoms. The molecule has 0 radical (unpaired) electrons. The number of fused-ring (bicyclic) bond motifs is 1. The van der Waals surface area contributed by atoms with Crippen LogP contribution < -0.4 is 10.9 Å². The summed E-state index contributed by atoms with van der Waals surface area (Å²) < 4.78 is 10.1. The summed E-state index contributed by atoms with van der Waals surface area (Å²) in [5.41, 5.74) is -1.17. The lowest BCUT2D eigenvalue weighted by molar-refractivity contribution is -0.384. The molecule has 2 aromatic carbocycles. The van der Waals surface area contributed by atoms with E-state index in [9.17, 15) is 24.5 Å². The van der Waals surface area contributed by atoms with Crippen LogP contribution in [0.4, 0.5) is 5.69 Å². The van der Waals surface area contributed by atoms with Crippen LogP contribution in [0.2, 0.25) is 5.02 Å². The minimum atomic E-state index is -1.37. The molecule has 1 amide bonds. The van der Waals surface area contributed by atoms with Crippen molar-refractivity contribution >= 4 is 40.1 Å². The Hall–Kier alpha value is -3.72. The van der Waals surface area contributed by atoms with Gasteiger partial charge >= 0.3 is 11.6 Å². The van der Waals surface area contributed by atoms with Crippen molar-refractivity contribution < 1.29 is 23.7 Å². The van der Waals surface area contributed by atoms with Gasteiger partial charge in [0.05, 0.1) is 11.5 Å². The summed E-state index contributed by atoms with van der Waals surface area (Å²) >= 11 is 5.93. The summed E-state index contributed by atoms with van der Waals surface area (Å²) in [7, 11) is 0. The summed E-state index contributed by atoms with van der Waals surface area (Å²) in [4.78, 5) is 47.8. The van der Waals surface area contributed by atoms with Crippen molar-refractivity contribution in [2.45, 2.75) is 13.0 Å². The van der Waals surface area contributed by atoms with Crippen molar-refractivity contribution in [2.75, 3.05) is 6.61 Å². The van der Waals surface area contributed by atoms with Crippen molar-refractivity contribution in [1.29, 1.82) is 0 Å². The Morgan fingerprint density at radius 2 is 2.00 bits per heavy atom. The fourth-order valence-electron chi connectivity index (χ4n) is 2.78. The van der Waals surface area contributed by atoms with Crippen LogP contribution >= 0.6 is 11.6 Å². The zero-order chi connectivity index (χ0) is 21.8. The fourth-order valence-corrected chi connectivity index (χ4v) is 2.96. The van der Waals surface area contributed by atoms with E-state index < -0.39 is 28.5 Å². The van der Waals surface area contributed by atoms with E-state index in [-0.39, 0.29) is 29.0 Å². The smallest absolute Gasteiger partial charge is 0.349 e. The van der Waals surface area contributed by atoms with Gasteiger partial charge in [0.15, 0.2) is 6.04 Å². The second-order valence-electron chi connectivity index (χ2n) is 6.14. The first kappa shape index (κ1) is 21.0. The van der Waals surface area contributed by atoms with E-state index in [2.05, 4.69) is 5.32 Å². The zero-order valence-electron chi connectivity index (χ0n) is 15.6. The number of halogens is 1. The van der Waals surface area contributed by atoms with Gasteiger partial charge in [0.25, 0.3) is 11.6 Å². The molecular formula is C20H15ClN2O7. The Kier molecular flexibility index (Phi) is 6.12. The molecule has 30 heavy (non-hydrogen) atoms. The van der Waals surface area contributed by atoms with Crippen molar-refractivity contribution in [3.63, 3.8) is 0 Å². The van der Waals surface area contributed by atoms with Crippen LogP contribution in [0.1, 0.15) is 28.9 Å². The van der Waals surface area contributed by atoms with Crippen molar-refractivity contribution in [1.82, 2.24) is 5.32 Å². The number of esters is 1. The molecule has 1 N–H and O–H groups in total. The standard InChI is InChI=1S/C20H15ClN2O7/c1-2-29-20(26)17(11-4-3-5-14(9-11)23(27)28)22-18(24)15-10-12-8-13(21)6-7-16(12)30-19(15)25/h3-10,17H,2H2,1H3,(H,22,24)/t17-/m0/s1. The predicted molar refractivity (Wildman–Crippen MR) is 107 cm³/mol. The summed E-state index contributed by atoms with van der Waals surface area (Å²) in [6.07, 6.45) is 0. The van der Waals surface area contributed by atoms with E-state index in [0.29, 0.717) is 10.4 Å². The lowest BCUT2D eigenvalue weighted by atomic mass is 10.1. The van der Waals surface area contributed by atoms with Gasteiger partial charge in [-0.05, 0) is 36.8 Å². The monoisotopic (exact) mass is 430 g/mol. The molecule has 3 aromatic rings. The number of hydrogen-bond acceptors (Lipinski definition) is 7. The zero-order valence-corrected chi connectivity index (χ0v) is 16.3. The molecule has 0 aliphatic rings. The van der Waals surface area contributed by atoms with E-state index in [4.69, 9.17) is 20.8 Å². The summed E-state index contributed by atoms with van der Waals surface area (Å²) in [5.74, 6) is -1.74. The highest BCUT2D eigenvalue weighted by atomic mass is 35.5. The van der Waals surface area contributed by atoms with Crippen LogP contribution in [0.25, 0.3) is 11.0 Å². The SMILES string of the molecule is CCOC(=O)[C@@H](NC(=O)c1cc2cc(Cl)ccc2oc1=O)c1cccc([N+](=O)[O-])c1. The molecule has 0 aliphatic carbocycles. The molecule has 9 nitrogen and oxygen atoms in total. The summed E-state index contributed by atoms with van der Waals surface area (Å²) in [6, 6.07) is 9.65. The minimum absolute atomic E-state index is 0.0245. The molecule has 1 aromatic heterocycles. The normalized spacial score (nSPS) is 11.7. The van der Waals surface area contributed by atoms with Crippen molar-refractivity contribution in [3.8, 4) is 0 Å². The topological polar surface area (TPSA) is 129 Å². The highest BCUT2D eigenvalue weighted by Crippen LogP contribution is 2.22.